The Hall–Kier alpha value is -2.49. The van der Waals surface area contributed by atoms with Gasteiger partial charge in [-0.15, -0.1) is 0 Å². The van der Waals surface area contributed by atoms with Gasteiger partial charge in [-0.2, -0.15) is 0 Å². The van der Waals surface area contributed by atoms with Crippen LogP contribution in [0, 0.1) is 17.0 Å². The highest BCUT2D eigenvalue weighted by atomic mass is 32.2. The van der Waals surface area contributed by atoms with E-state index in [1.807, 2.05) is 57.4 Å². The Balaban J connectivity index is 2.25. The van der Waals surface area contributed by atoms with Crippen molar-refractivity contribution in [2.45, 2.75) is 17.9 Å². The standard InChI is InChI=1S/C19H26N4O4S/c1-14-6-9-17(23(24)25)12-19(14)28(26,27)20-13-18(22(4)5)15-7-10-16(11-8-15)21(2)3/h6-12,18,20H,13H2,1-5H3/p+1/t18-/m1/s1. The van der Waals surface area contributed by atoms with Gasteiger partial charge in [0.25, 0.3) is 5.69 Å². The van der Waals surface area contributed by atoms with E-state index >= 15 is 0 Å². The van der Waals surface area contributed by atoms with Gasteiger partial charge >= 0.3 is 0 Å². The Morgan fingerprint density at radius 2 is 1.75 bits per heavy atom. The van der Waals surface area contributed by atoms with Crippen LogP contribution in [0.15, 0.2) is 47.4 Å². The maximum Gasteiger partial charge on any atom is 0.270 e. The Bertz CT molecular complexity index is 941. The van der Waals surface area contributed by atoms with Crippen molar-refractivity contribution >= 4 is 21.4 Å². The first kappa shape index (κ1) is 21.8. The number of rotatable bonds is 8. The summed E-state index contributed by atoms with van der Waals surface area (Å²) in [6.07, 6.45) is 0. The number of nitrogens with zero attached hydrogens (tertiary/aromatic N) is 2. The van der Waals surface area contributed by atoms with Crippen molar-refractivity contribution < 1.29 is 18.2 Å². The van der Waals surface area contributed by atoms with Crippen LogP contribution in [0.5, 0.6) is 0 Å². The minimum absolute atomic E-state index is 0.0721. The number of nitro groups is 1. The summed E-state index contributed by atoms with van der Waals surface area (Å²) in [6, 6.07) is 11.7. The normalized spacial score (nSPS) is 12.8. The third-order valence-electron chi connectivity index (χ3n) is 4.66. The van der Waals surface area contributed by atoms with E-state index in [-0.39, 0.29) is 23.2 Å². The summed E-state index contributed by atoms with van der Waals surface area (Å²) in [4.78, 5) is 13.4. The van der Waals surface area contributed by atoms with Gasteiger partial charge in [-0.05, 0) is 24.6 Å². The van der Waals surface area contributed by atoms with Crippen LogP contribution in [0.3, 0.4) is 0 Å². The zero-order valence-corrected chi connectivity index (χ0v) is 17.6. The molecular formula is C19H27N4O4S+. The van der Waals surface area contributed by atoms with Crippen molar-refractivity contribution in [3.05, 3.63) is 63.7 Å². The van der Waals surface area contributed by atoms with E-state index in [1.165, 1.54) is 12.1 Å². The van der Waals surface area contributed by atoms with Gasteiger partial charge in [-0.1, -0.05) is 18.2 Å². The van der Waals surface area contributed by atoms with Gasteiger partial charge in [0.05, 0.1) is 30.5 Å². The van der Waals surface area contributed by atoms with Crippen LogP contribution in [-0.4, -0.2) is 48.1 Å². The second-order valence-corrected chi connectivity index (χ2v) is 8.91. The van der Waals surface area contributed by atoms with Crippen molar-refractivity contribution in [2.75, 3.05) is 39.6 Å². The average Bonchev–Trinajstić information content (AvgIpc) is 2.61. The molecule has 0 aromatic heterocycles. The molecule has 0 saturated carbocycles. The monoisotopic (exact) mass is 407 g/mol. The number of benzene rings is 2. The fraction of sp³-hybridized carbons (Fsp3) is 0.368. The van der Waals surface area contributed by atoms with E-state index in [0.29, 0.717) is 5.56 Å². The van der Waals surface area contributed by atoms with E-state index < -0.39 is 14.9 Å². The first-order chi connectivity index (χ1) is 13.0. The summed E-state index contributed by atoms with van der Waals surface area (Å²) in [5.74, 6) is 0. The molecule has 0 amide bonds. The molecule has 9 heteroatoms. The lowest BCUT2D eigenvalue weighted by atomic mass is 10.1. The molecule has 1 atom stereocenters. The fourth-order valence-corrected chi connectivity index (χ4v) is 4.23. The van der Waals surface area contributed by atoms with Gasteiger partial charge in [0.1, 0.15) is 6.04 Å². The minimum Gasteiger partial charge on any atom is -0.378 e. The maximum atomic E-state index is 12.8. The van der Waals surface area contributed by atoms with Crippen molar-refractivity contribution in [3.8, 4) is 0 Å². The average molecular weight is 408 g/mol. The largest absolute Gasteiger partial charge is 0.378 e. The molecule has 2 aromatic rings. The third kappa shape index (κ3) is 5.06. The first-order valence-electron chi connectivity index (χ1n) is 8.85. The van der Waals surface area contributed by atoms with Crippen molar-refractivity contribution in [1.29, 1.82) is 0 Å². The SMILES string of the molecule is Cc1ccc([N+](=O)[O-])cc1S(=O)(=O)NC[C@H](c1ccc(N(C)C)cc1)[NH+](C)C. The molecule has 2 rings (SSSR count). The zero-order valence-electron chi connectivity index (χ0n) is 16.8. The zero-order chi connectivity index (χ0) is 21.1. The van der Waals surface area contributed by atoms with Gasteiger partial charge in [0.15, 0.2) is 0 Å². The summed E-state index contributed by atoms with van der Waals surface area (Å²) >= 11 is 0. The number of nitrogens with one attached hydrogen (secondary N) is 2. The lowest BCUT2D eigenvalue weighted by molar-refractivity contribution is -0.890. The lowest BCUT2D eigenvalue weighted by Gasteiger charge is -2.23. The molecule has 0 aliphatic carbocycles. The van der Waals surface area contributed by atoms with E-state index in [1.54, 1.807) is 6.92 Å². The molecule has 0 fully saturated rings. The van der Waals surface area contributed by atoms with Crippen LogP contribution in [0.1, 0.15) is 17.2 Å². The van der Waals surface area contributed by atoms with E-state index in [9.17, 15) is 18.5 Å². The molecule has 0 spiro atoms. The number of hydrogen-bond donors (Lipinski definition) is 2. The van der Waals surface area contributed by atoms with E-state index in [2.05, 4.69) is 4.72 Å². The molecule has 28 heavy (non-hydrogen) atoms. The molecule has 152 valence electrons. The second kappa shape index (κ2) is 8.68. The van der Waals surface area contributed by atoms with Crippen molar-refractivity contribution in [1.82, 2.24) is 4.72 Å². The molecule has 0 heterocycles. The van der Waals surface area contributed by atoms with Crippen molar-refractivity contribution in [2.24, 2.45) is 0 Å². The van der Waals surface area contributed by atoms with Crippen molar-refractivity contribution in [3.63, 3.8) is 0 Å². The Morgan fingerprint density at radius 1 is 1.14 bits per heavy atom. The van der Waals surface area contributed by atoms with Crippen LogP contribution >= 0.6 is 0 Å². The maximum absolute atomic E-state index is 12.8. The fourth-order valence-electron chi connectivity index (χ4n) is 2.92. The van der Waals surface area contributed by atoms with Gasteiger partial charge < -0.3 is 9.80 Å². The summed E-state index contributed by atoms with van der Waals surface area (Å²) in [7, 11) is 3.95. The van der Waals surface area contributed by atoms with Crippen LogP contribution in [0.2, 0.25) is 0 Å². The molecule has 0 aliphatic heterocycles. The van der Waals surface area contributed by atoms with Gasteiger partial charge in [-0.25, -0.2) is 13.1 Å². The van der Waals surface area contributed by atoms with Crippen LogP contribution in [0.25, 0.3) is 0 Å². The predicted molar refractivity (Wildman–Crippen MR) is 109 cm³/mol. The number of sulfonamides is 1. The molecule has 0 saturated heterocycles. The number of hydrogen-bond acceptors (Lipinski definition) is 5. The number of aryl methyl sites for hydroxylation is 1. The number of quaternary nitrogens is 1. The first-order valence-corrected chi connectivity index (χ1v) is 10.3. The van der Waals surface area contributed by atoms with Gasteiger partial charge in [0.2, 0.25) is 10.0 Å². The molecule has 0 aliphatic rings. The minimum atomic E-state index is -3.88. The van der Waals surface area contributed by atoms with Gasteiger partial charge in [-0.3, -0.25) is 10.1 Å². The number of non-ortho nitro benzene ring substituents is 1. The van der Waals surface area contributed by atoms with Gasteiger partial charge in [0, 0.05) is 37.5 Å². The topological polar surface area (TPSA) is 97.0 Å². The van der Waals surface area contributed by atoms with E-state index in [4.69, 9.17) is 0 Å². The summed E-state index contributed by atoms with van der Waals surface area (Å²) in [5.41, 5.74) is 2.27. The highest BCUT2D eigenvalue weighted by Crippen LogP contribution is 2.22. The Labute approximate surface area is 166 Å². The smallest absolute Gasteiger partial charge is 0.270 e. The molecule has 0 unspecified atom stereocenters. The van der Waals surface area contributed by atoms with E-state index in [0.717, 1.165) is 22.2 Å². The molecule has 0 bridgehead atoms. The van der Waals surface area contributed by atoms with Crippen LogP contribution in [-0.2, 0) is 10.0 Å². The number of nitro benzene ring substituents is 1. The quantitative estimate of drug-likeness (QED) is 0.505. The Morgan fingerprint density at radius 3 is 2.25 bits per heavy atom. The molecule has 8 nitrogen and oxygen atoms in total. The summed E-state index contributed by atoms with van der Waals surface area (Å²) in [6.45, 7) is 1.79. The highest BCUT2D eigenvalue weighted by Gasteiger charge is 2.25. The highest BCUT2D eigenvalue weighted by molar-refractivity contribution is 7.89. The third-order valence-corrected chi connectivity index (χ3v) is 6.22. The second-order valence-electron chi connectivity index (χ2n) is 7.17. The molecule has 2 N–H and O–H groups in total. The molecule has 0 radical (unpaired) electrons. The molecule has 2 aromatic carbocycles. The number of anilines is 1. The lowest BCUT2D eigenvalue weighted by Crippen LogP contribution is -3.07. The Kier molecular flexibility index (Phi) is 6.76. The number of likely N-dealkylation sites (N-methyl/N-ethyl adjacent to an activating group) is 1. The summed E-state index contributed by atoms with van der Waals surface area (Å²) in [5, 5.41) is 11.0. The molecular weight excluding hydrogens is 380 g/mol. The summed E-state index contributed by atoms with van der Waals surface area (Å²) < 4.78 is 28.2. The van der Waals surface area contributed by atoms with Crippen LogP contribution in [0.4, 0.5) is 11.4 Å². The van der Waals surface area contributed by atoms with Crippen LogP contribution < -0.4 is 14.5 Å². The predicted octanol–water partition coefficient (Wildman–Crippen LogP) is 1.13.